The van der Waals surface area contributed by atoms with Crippen LogP contribution < -0.4 is 10.2 Å². The van der Waals surface area contributed by atoms with Crippen molar-refractivity contribution in [2.24, 2.45) is 0 Å². The normalized spacial score (nSPS) is 15.3. The summed E-state index contributed by atoms with van der Waals surface area (Å²) in [5, 5.41) is 4.22. The highest BCUT2D eigenvalue weighted by atomic mass is 79.9. The van der Waals surface area contributed by atoms with Crippen LogP contribution in [0.4, 0.5) is 5.82 Å². The molecule has 1 atom stereocenters. The number of alkyl halides is 1. The summed E-state index contributed by atoms with van der Waals surface area (Å²) >= 11 is 3.50. The summed E-state index contributed by atoms with van der Waals surface area (Å²) in [5.74, 6) is 0.980. The minimum Gasteiger partial charge on any atom is -0.354 e. The van der Waals surface area contributed by atoms with Crippen LogP contribution in [0.3, 0.4) is 0 Å². The van der Waals surface area contributed by atoms with Crippen LogP contribution in [-0.4, -0.2) is 59.9 Å². The van der Waals surface area contributed by atoms with E-state index in [1.165, 1.54) is 83.5 Å². The summed E-state index contributed by atoms with van der Waals surface area (Å²) < 4.78 is 0. The van der Waals surface area contributed by atoms with Crippen LogP contribution in [0.2, 0.25) is 0 Å². The highest BCUT2D eigenvalue weighted by Gasteiger charge is 2.21. The van der Waals surface area contributed by atoms with Crippen LogP contribution in [0.25, 0.3) is 0 Å². The van der Waals surface area contributed by atoms with Gasteiger partial charge in [-0.1, -0.05) is 93.5 Å². The molecule has 1 aliphatic rings. The van der Waals surface area contributed by atoms with E-state index in [1.54, 1.807) is 6.20 Å². The number of hydrogen-bond acceptors (Lipinski definition) is 4. The van der Waals surface area contributed by atoms with E-state index in [2.05, 4.69) is 49.9 Å². The monoisotopic (exact) mass is 550 g/mol. The van der Waals surface area contributed by atoms with Crippen molar-refractivity contribution >= 4 is 27.7 Å². The Morgan fingerprint density at radius 3 is 1.91 bits per heavy atom. The fourth-order valence-corrected chi connectivity index (χ4v) is 5.22. The third-order valence-corrected chi connectivity index (χ3v) is 8.02. The summed E-state index contributed by atoms with van der Waals surface area (Å²) in [4.78, 5) is 21.9. The first-order valence-corrected chi connectivity index (χ1v) is 15.6. The predicted octanol–water partition coefficient (Wildman–Crippen LogP) is 7.20. The quantitative estimate of drug-likeness (QED) is 0.146. The summed E-state index contributed by atoms with van der Waals surface area (Å²) in [7, 11) is 0. The molecule has 1 aliphatic heterocycles. The van der Waals surface area contributed by atoms with Crippen molar-refractivity contribution in [2.45, 2.75) is 110 Å². The van der Waals surface area contributed by atoms with E-state index < -0.39 is 0 Å². The zero-order valence-electron chi connectivity index (χ0n) is 22.6. The molecule has 1 amide bonds. The Balaban J connectivity index is 1.46. The average molecular weight is 552 g/mol. The first-order valence-electron chi connectivity index (χ1n) is 14.4. The Hall–Kier alpha value is -1.14. The predicted molar refractivity (Wildman–Crippen MR) is 154 cm³/mol. The lowest BCUT2D eigenvalue weighted by Gasteiger charge is -2.38. The molecule has 1 N–H and O–H groups in total. The second-order valence-corrected chi connectivity index (χ2v) is 11.0. The molecule has 1 aromatic rings. The van der Waals surface area contributed by atoms with Crippen LogP contribution in [0.15, 0.2) is 18.3 Å². The van der Waals surface area contributed by atoms with Crippen molar-refractivity contribution in [3.8, 4) is 0 Å². The first-order chi connectivity index (χ1) is 17.2. The Kier molecular flexibility index (Phi) is 16.4. The fraction of sp³-hybridized carbons (Fsp3) is 0.793. The van der Waals surface area contributed by atoms with Gasteiger partial charge in [0.2, 0.25) is 0 Å². The smallest absolute Gasteiger partial charge is 0.252 e. The number of aromatic nitrogens is 1. The molecule has 6 heteroatoms. The topological polar surface area (TPSA) is 48.5 Å². The molecule has 1 saturated heterocycles. The van der Waals surface area contributed by atoms with Gasteiger partial charge in [0.25, 0.3) is 5.91 Å². The minimum atomic E-state index is -0.00201. The number of nitrogens with one attached hydrogen (secondary N) is 1. The van der Waals surface area contributed by atoms with Crippen molar-refractivity contribution in [2.75, 3.05) is 43.0 Å². The van der Waals surface area contributed by atoms with E-state index in [-0.39, 0.29) is 5.91 Å². The number of unbranched alkanes of at least 4 members (excludes halogenated alkanes) is 12. The lowest BCUT2D eigenvalue weighted by molar-refractivity contribution is 0.0952. The van der Waals surface area contributed by atoms with Crippen LogP contribution in [0, 0.1) is 0 Å². The molecule has 1 fully saturated rings. The molecule has 0 radical (unpaired) electrons. The van der Waals surface area contributed by atoms with Gasteiger partial charge in [0, 0.05) is 50.3 Å². The first kappa shape index (κ1) is 30.1. The Morgan fingerprint density at radius 1 is 0.886 bits per heavy atom. The summed E-state index contributed by atoms with van der Waals surface area (Å²) in [6.07, 6.45) is 20.3. The van der Waals surface area contributed by atoms with Gasteiger partial charge in [-0.25, -0.2) is 4.98 Å². The zero-order chi connectivity index (χ0) is 25.1. The number of halogens is 1. The molecular weight excluding hydrogens is 500 g/mol. The van der Waals surface area contributed by atoms with Gasteiger partial charge >= 0.3 is 0 Å². The number of hydrogen-bond donors (Lipinski definition) is 1. The van der Waals surface area contributed by atoms with Gasteiger partial charge < -0.3 is 10.2 Å². The maximum Gasteiger partial charge on any atom is 0.252 e. The Morgan fingerprint density at radius 2 is 1.43 bits per heavy atom. The molecule has 0 spiro atoms. The number of nitrogens with zero attached hydrogens (tertiary/aromatic N) is 3. The standard InChI is InChI=1S/C29H51BrN4O/c1-3-26(2)33-21-23-34(24-22-33)28-18-17-27(25-32-28)29(35)31-20-16-14-12-10-8-6-4-5-7-9-11-13-15-19-30/h17-18,25-26H,3-16,19-24H2,1-2H3,(H,31,35). The second kappa shape index (κ2) is 19.0. The summed E-state index contributed by atoms with van der Waals surface area (Å²) in [6, 6.07) is 4.57. The second-order valence-electron chi connectivity index (χ2n) is 10.2. The van der Waals surface area contributed by atoms with Crippen molar-refractivity contribution in [3.05, 3.63) is 23.9 Å². The third-order valence-electron chi connectivity index (χ3n) is 7.46. The molecule has 200 valence electrons. The van der Waals surface area contributed by atoms with E-state index in [9.17, 15) is 4.79 Å². The van der Waals surface area contributed by atoms with Crippen molar-refractivity contribution in [3.63, 3.8) is 0 Å². The Labute approximate surface area is 224 Å². The van der Waals surface area contributed by atoms with Crippen molar-refractivity contribution < 1.29 is 4.79 Å². The van der Waals surface area contributed by atoms with Crippen LogP contribution in [-0.2, 0) is 0 Å². The molecule has 0 bridgehead atoms. The summed E-state index contributed by atoms with van der Waals surface area (Å²) in [6.45, 7) is 9.47. The number of anilines is 1. The average Bonchev–Trinajstić information content (AvgIpc) is 2.90. The lowest BCUT2D eigenvalue weighted by atomic mass is 10.0. The number of carbonyl (C=O) groups is 1. The molecule has 1 unspecified atom stereocenters. The molecule has 0 saturated carbocycles. The minimum absolute atomic E-state index is 0.00201. The number of piperazine rings is 1. The molecule has 2 heterocycles. The summed E-state index contributed by atoms with van der Waals surface area (Å²) in [5.41, 5.74) is 0.662. The molecule has 2 rings (SSSR count). The lowest BCUT2D eigenvalue weighted by Crippen LogP contribution is -2.49. The SMILES string of the molecule is CCC(C)N1CCN(c2ccc(C(=O)NCCCCCCCCCCCCCCCBr)cn2)CC1. The number of carbonyl (C=O) groups excluding carboxylic acids is 1. The van der Waals surface area contributed by atoms with E-state index in [0.717, 1.165) is 50.3 Å². The molecule has 35 heavy (non-hydrogen) atoms. The van der Waals surface area contributed by atoms with E-state index in [1.807, 2.05) is 12.1 Å². The van der Waals surface area contributed by atoms with Gasteiger partial charge in [-0.3, -0.25) is 9.69 Å². The van der Waals surface area contributed by atoms with Gasteiger partial charge in [-0.2, -0.15) is 0 Å². The van der Waals surface area contributed by atoms with Crippen LogP contribution in [0.1, 0.15) is 114 Å². The Bertz CT molecular complexity index is 661. The highest BCUT2D eigenvalue weighted by molar-refractivity contribution is 9.09. The maximum absolute atomic E-state index is 12.4. The van der Waals surface area contributed by atoms with E-state index in [0.29, 0.717) is 11.6 Å². The van der Waals surface area contributed by atoms with Gasteiger partial charge in [0.05, 0.1) is 5.56 Å². The largest absolute Gasteiger partial charge is 0.354 e. The van der Waals surface area contributed by atoms with Crippen LogP contribution in [0.5, 0.6) is 0 Å². The van der Waals surface area contributed by atoms with Crippen molar-refractivity contribution in [1.82, 2.24) is 15.2 Å². The third kappa shape index (κ3) is 12.6. The number of pyridine rings is 1. The molecule has 5 nitrogen and oxygen atoms in total. The van der Waals surface area contributed by atoms with Gasteiger partial charge in [0.1, 0.15) is 5.82 Å². The fourth-order valence-electron chi connectivity index (χ4n) is 4.83. The van der Waals surface area contributed by atoms with Gasteiger partial charge in [0.15, 0.2) is 0 Å². The van der Waals surface area contributed by atoms with Gasteiger partial charge in [-0.05, 0) is 38.3 Å². The van der Waals surface area contributed by atoms with Crippen LogP contribution >= 0.6 is 15.9 Å². The number of rotatable bonds is 19. The number of amides is 1. The molecular formula is C29H51BrN4O. The maximum atomic E-state index is 12.4. The molecule has 0 aliphatic carbocycles. The molecule has 1 aromatic heterocycles. The highest BCUT2D eigenvalue weighted by Crippen LogP contribution is 2.16. The zero-order valence-corrected chi connectivity index (χ0v) is 24.2. The van der Waals surface area contributed by atoms with E-state index >= 15 is 0 Å². The van der Waals surface area contributed by atoms with Gasteiger partial charge in [-0.15, -0.1) is 0 Å². The van der Waals surface area contributed by atoms with Crippen molar-refractivity contribution in [1.29, 1.82) is 0 Å². The molecule has 0 aromatic carbocycles. The van der Waals surface area contributed by atoms with E-state index in [4.69, 9.17) is 0 Å².